The van der Waals surface area contributed by atoms with Crippen molar-refractivity contribution in [1.29, 1.82) is 0 Å². The lowest BCUT2D eigenvalue weighted by molar-refractivity contribution is 0.608. The molecule has 90 valence electrons. The summed E-state index contributed by atoms with van der Waals surface area (Å²) in [7, 11) is 0. The molecule has 0 spiro atoms. The number of nitrogens with zero attached hydrogens (tertiary/aromatic N) is 1. The third-order valence-corrected chi connectivity index (χ3v) is 2.38. The smallest absolute Gasteiger partial charge is 0.144 e. The maximum atomic E-state index is 12.5. The van der Waals surface area contributed by atoms with E-state index < -0.39 is 0 Å². The Labute approximate surface area is 102 Å². The molecule has 1 aromatic carbocycles. The van der Waals surface area contributed by atoms with Crippen LogP contribution in [0.1, 0.15) is 22.4 Å². The van der Waals surface area contributed by atoms with E-state index >= 15 is 0 Å². The van der Waals surface area contributed by atoms with Gasteiger partial charge in [-0.1, -0.05) is 35.4 Å². The molecule has 1 aromatic heterocycles. The normalized spacial score (nSPS) is 9.47. The van der Waals surface area contributed by atoms with E-state index in [1.54, 1.807) is 13.1 Å². The van der Waals surface area contributed by atoms with Crippen LogP contribution in [0.5, 0.6) is 0 Å². The fourth-order valence-electron chi connectivity index (χ4n) is 1.24. The van der Waals surface area contributed by atoms with Gasteiger partial charge in [0.25, 0.3) is 0 Å². The summed E-state index contributed by atoms with van der Waals surface area (Å²) in [5.74, 6) is -0.227. The molecule has 0 aliphatic carbocycles. The molecule has 17 heavy (non-hydrogen) atoms. The zero-order chi connectivity index (χ0) is 12.8. The monoisotopic (exact) mass is 231 g/mol. The largest absolute Gasteiger partial charge is 0.258 e. The van der Waals surface area contributed by atoms with E-state index in [2.05, 4.69) is 43.1 Å². The second kappa shape index (κ2) is 6.14. The predicted octanol–water partition coefficient (Wildman–Crippen LogP) is 4.14. The van der Waals surface area contributed by atoms with E-state index in [1.165, 1.54) is 17.2 Å². The predicted molar refractivity (Wildman–Crippen MR) is 69.6 cm³/mol. The van der Waals surface area contributed by atoms with Crippen LogP contribution in [0, 0.1) is 33.5 Å². The second-order valence-electron chi connectivity index (χ2n) is 4.23. The molecular weight excluding hydrogens is 213 g/mol. The zero-order valence-electron chi connectivity index (χ0n) is 10.8. The first-order chi connectivity index (χ1) is 7.99. The Morgan fingerprint density at radius 3 is 1.65 bits per heavy atom. The molecule has 0 fully saturated rings. The molecular formula is C15H18FN. The van der Waals surface area contributed by atoms with Crippen molar-refractivity contribution in [3.8, 4) is 0 Å². The summed E-state index contributed by atoms with van der Waals surface area (Å²) in [5.41, 5.74) is 3.98. The van der Waals surface area contributed by atoms with Gasteiger partial charge in [0.05, 0.1) is 5.69 Å². The average Bonchev–Trinajstić information content (AvgIpc) is 2.29. The molecule has 2 aromatic rings. The number of aromatic nitrogens is 1. The van der Waals surface area contributed by atoms with Gasteiger partial charge in [-0.25, -0.2) is 4.39 Å². The number of benzene rings is 1. The van der Waals surface area contributed by atoms with E-state index in [9.17, 15) is 4.39 Å². The molecule has 1 heterocycles. The standard InChI is InChI=1S/C8H10.C7H8FN/c1-7-3-5-8(2)6-4-7;1-5-3-7(8)6(2)9-4-5/h3-6H,1-2H3;3-4H,1-2H3. The van der Waals surface area contributed by atoms with Gasteiger partial charge in [0, 0.05) is 6.20 Å². The lowest BCUT2D eigenvalue weighted by Crippen LogP contribution is -1.87. The first kappa shape index (κ1) is 13.4. The van der Waals surface area contributed by atoms with Crippen molar-refractivity contribution in [2.75, 3.05) is 0 Å². The van der Waals surface area contributed by atoms with Gasteiger partial charge < -0.3 is 0 Å². The van der Waals surface area contributed by atoms with Gasteiger partial charge in [0.2, 0.25) is 0 Å². The third-order valence-electron chi connectivity index (χ3n) is 2.38. The molecule has 0 aliphatic heterocycles. The summed E-state index contributed by atoms with van der Waals surface area (Å²) >= 11 is 0. The number of hydrogen-bond acceptors (Lipinski definition) is 1. The highest BCUT2D eigenvalue weighted by molar-refractivity contribution is 5.19. The Hall–Kier alpha value is -1.70. The molecule has 2 heteroatoms. The molecule has 0 unspecified atom stereocenters. The van der Waals surface area contributed by atoms with Gasteiger partial charge in [0.1, 0.15) is 5.82 Å². The van der Waals surface area contributed by atoms with Crippen molar-refractivity contribution >= 4 is 0 Å². The van der Waals surface area contributed by atoms with E-state index in [0.29, 0.717) is 5.69 Å². The summed E-state index contributed by atoms with van der Waals surface area (Å²) in [5, 5.41) is 0. The first-order valence-corrected chi connectivity index (χ1v) is 5.61. The van der Waals surface area contributed by atoms with Crippen LogP contribution in [0.25, 0.3) is 0 Å². The minimum Gasteiger partial charge on any atom is -0.258 e. The van der Waals surface area contributed by atoms with Crippen molar-refractivity contribution < 1.29 is 4.39 Å². The minimum atomic E-state index is -0.227. The average molecular weight is 231 g/mol. The van der Waals surface area contributed by atoms with Gasteiger partial charge in [-0.3, -0.25) is 4.98 Å². The summed E-state index contributed by atoms with van der Waals surface area (Å²) in [6.07, 6.45) is 1.65. The van der Waals surface area contributed by atoms with Crippen molar-refractivity contribution in [2.45, 2.75) is 27.7 Å². The van der Waals surface area contributed by atoms with Crippen molar-refractivity contribution in [2.24, 2.45) is 0 Å². The summed E-state index contributed by atoms with van der Waals surface area (Å²) in [6, 6.07) is 9.96. The molecule has 0 aliphatic rings. The van der Waals surface area contributed by atoms with Crippen LogP contribution in [0.4, 0.5) is 4.39 Å². The Balaban J connectivity index is 0.000000171. The van der Waals surface area contributed by atoms with Crippen LogP contribution in [0.2, 0.25) is 0 Å². The Kier molecular flexibility index (Phi) is 4.83. The van der Waals surface area contributed by atoms with E-state index in [0.717, 1.165) is 5.56 Å². The number of pyridine rings is 1. The highest BCUT2D eigenvalue weighted by Crippen LogP contribution is 2.03. The van der Waals surface area contributed by atoms with Gasteiger partial charge in [-0.2, -0.15) is 0 Å². The summed E-state index contributed by atoms with van der Waals surface area (Å²) < 4.78 is 12.5. The molecule has 0 saturated carbocycles. The van der Waals surface area contributed by atoms with Gasteiger partial charge in [-0.15, -0.1) is 0 Å². The number of hydrogen-bond donors (Lipinski definition) is 0. The Morgan fingerprint density at radius 1 is 0.824 bits per heavy atom. The van der Waals surface area contributed by atoms with Crippen molar-refractivity contribution in [1.82, 2.24) is 4.98 Å². The second-order valence-corrected chi connectivity index (χ2v) is 4.23. The topological polar surface area (TPSA) is 12.9 Å². The summed E-state index contributed by atoms with van der Waals surface area (Å²) in [4.78, 5) is 3.80. The minimum absolute atomic E-state index is 0.227. The fraction of sp³-hybridized carbons (Fsp3) is 0.267. The zero-order valence-corrected chi connectivity index (χ0v) is 10.8. The number of aryl methyl sites for hydroxylation is 4. The molecule has 0 saturated heterocycles. The van der Waals surface area contributed by atoms with E-state index in [1.807, 2.05) is 6.92 Å². The van der Waals surface area contributed by atoms with Gasteiger partial charge in [-0.05, 0) is 39.3 Å². The lowest BCUT2D eigenvalue weighted by atomic mass is 10.2. The molecule has 1 nitrogen and oxygen atoms in total. The quantitative estimate of drug-likeness (QED) is 0.664. The Bertz CT molecular complexity index is 454. The molecule has 0 bridgehead atoms. The SMILES string of the molecule is Cc1ccc(C)cc1.Cc1cnc(C)c(F)c1. The molecule has 2 rings (SSSR count). The Morgan fingerprint density at radius 2 is 1.29 bits per heavy atom. The van der Waals surface area contributed by atoms with Gasteiger partial charge in [0.15, 0.2) is 0 Å². The van der Waals surface area contributed by atoms with E-state index in [-0.39, 0.29) is 5.82 Å². The van der Waals surface area contributed by atoms with Gasteiger partial charge >= 0.3 is 0 Å². The highest BCUT2D eigenvalue weighted by atomic mass is 19.1. The maximum absolute atomic E-state index is 12.5. The summed E-state index contributed by atoms with van der Waals surface area (Å²) in [6.45, 7) is 7.66. The number of halogens is 1. The third kappa shape index (κ3) is 4.77. The molecule has 0 radical (unpaired) electrons. The van der Waals surface area contributed by atoms with Crippen molar-refractivity contribution in [3.05, 3.63) is 64.7 Å². The van der Waals surface area contributed by atoms with Crippen LogP contribution >= 0.6 is 0 Å². The van der Waals surface area contributed by atoms with Crippen LogP contribution < -0.4 is 0 Å². The lowest BCUT2D eigenvalue weighted by Gasteiger charge is -1.93. The van der Waals surface area contributed by atoms with Crippen molar-refractivity contribution in [3.63, 3.8) is 0 Å². The number of rotatable bonds is 0. The van der Waals surface area contributed by atoms with Crippen LogP contribution in [-0.2, 0) is 0 Å². The fourth-order valence-corrected chi connectivity index (χ4v) is 1.24. The van der Waals surface area contributed by atoms with Crippen LogP contribution in [0.15, 0.2) is 36.5 Å². The highest BCUT2D eigenvalue weighted by Gasteiger charge is 1.94. The van der Waals surface area contributed by atoms with E-state index in [4.69, 9.17) is 0 Å². The molecule has 0 atom stereocenters. The molecule has 0 amide bonds. The van der Waals surface area contributed by atoms with Crippen LogP contribution in [-0.4, -0.2) is 4.98 Å². The maximum Gasteiger partial charge on any atom is 0.144 e. The van der Waals surface area contributed by atoms with Crippen LogP contribution in [0.3, 0.4) is 0 Å². The first-order valence-electron chi connectivity index (χ1n) is 5.61. The molecule has 0 N–H and O–H groups in total.